The quantitative estimate of drug-likeness (QED) is 0.637. The van der Waals surface area contributed by atoms with Gasteiger partial charge in [-0.2, -0.15) is 11.8 Å². The van der Waals surface area contributed by atoms with Crippen LogP contribution < -0.4 is 5.32 Å². The fourth-order valence-corrected chi connectivity index (χ4v) is 2.03. The van der Waals surface area contributed by atoms with E-state index in [9.17, 15) is 4.79 Å². The zero-order valence-corrected chi connectivity index (χ0v) is 12.1. The molecule has 0 heterocycles. The third-order valence-electron chi connectivity index (χ3n) is 2.60. The summed E-state index contributed by atoms with van der Waals surface area (Å²) in [6.07, 6.45) is 3.03. The minimum Gasteiger partial charge on any atom is -0.384 e. The summed E-state index contributed by atoms with van der Waals surface area (Å²) >= 11 is 1.77. The number of thioether (sulfide) groups is 1. The van der Waals surface area contributed by atoms with Crippen LogP contribution in [-0.4, -0.2) is 36.2 Å². The van der Waals surface area contributed by atoms with E-state index >= 15 is 0 Å². The second-order valence-electron chi connectivity index (χ2n) is 4.09. The highest BCUT2D eigenvalue weighted by atomic mass is 32.2. The number of nitrogens with one attached hydrogen (secondary N) is 1. The Morgan fingerprint density at radius 3 is 2.89 bits per heavy atom. The summed E-state index contributed by atoms with van der Waals surface area (Å²) in [5.74, 6) is 6.46. The Bertz CT molecular complexity index is 489. The SMILES string of the molecule is CSCCCNC(=O)c1ccc(C#CCO)c(C)c1. The van der Waals surface area contributed by atoms with Gasteiger partial charge < -0.3 is 10.4 Å². The minimum atomic E-state index is -0.156. The zero-order valence-electron chi connectivity index (χ0n) is 11.3. The molecule has 0 saturated heterocycles. The van der Waals surface area contributed by atoms with Crippen molar-refractivity contribution < 1.29 is 9.90 Å². The first-order chi connectivity index (χ1) is 9.19. The number of amides is 1. The highest BCUT2D eigenvalue weighted by molar-refractivity contribution is 7.98. The summed E-state index contributed by atoms with van der Waals surface area (Å²) in [5.41, 5.74) is 2.43. The fourth-order valence-electron chi connectivity index (χ4n) is 1.60. The van der Waals surface area contributed by atoms with Gasteiger partial charge >= 0.3 is 0 Å². The monoisotopic (exact) mass is 277 g/mol. The normalized spacial score (nSPS) is 9.63. The van der Waals surface area contributed by atoms with Crippen LogP contribution in [0.25, 0.3) is 0 Å². The molecule has 4 heteroatoms. The molecule has 0 atom stereocenters. The summed E-state index contributed by atoms with van der Waals surface area (Å²) in [6.45, 7) is 2.45. The molecule has 0 aromatic heterocycles. The van der Waals surface area contributed by atoms with Crippen LogP contribution in [0.5, 0.6) is 0 Å². The van der Waals surface area contributed by atoms with Crippen LogP contribution >= 0.6 is 11.8 Å². The molecule has 3 nitrogen and oxygen atoms in total. The standard InChI is InChI=1S/C15H19NO2S/c1-12-11-14(7-6-13(12)5-3-9-17)15(18)16-8-4-10-19-2/h6-7,11,17H,4,8-10H2,1-2H3,(H,16,18). The number of hydrogen-bond donors (Lipinski definition) is 2. The smallest absolute Gasteiger partial charge is 0.251 e. The molecule has 1 aromatic rings. The van der Waals surface area contributed by atoms with Crippen molar-refractivity contribution in [3.05, 3.63) is 34.9 Å². The van der Waals surface area contributed by atoms with Crippen molar-refractivity contribution in [2.24, 2.45) is 0 Å². The number of aryl methyl sites for hydroxylation is 1. The number of carbonyl (C=O) groups is 1. The van der Waals surface area contributed by atoms with E-state index in [0.29, 0.717) is 12.1 Å². The molecule has 0 bridgehead atoms. The number of benzene rings is 1. The van der Waals surface area contributed by atoms with Gasteiger partial charge in [-0.15, -0.1) is 0 Å². The molecule has 0 spiro atoms. The summed E-state index contributed by atoms with van der Waals surface area (Å²) in [4.78, 5) is 11.9. The Labute approximate surface area is 118 Å². The number of aliphatic hydroxyl groups is 1. The zero-order chi connectivity index (χ0) is 14.1. The van der Waals surface area contributed by atoms with Gasteiger partial charge in [-0.1, -0.05) is 11.8 Å². The summed E-state index contributed by atoms with van der Waals surface area (Å²) < 4.78 is 0. The molecule has 0 aliphatic rings. The Morgan fingerprint density at radius 2 is 2.26 bits per heavy atom. The molecule has 0 fully saturated rings. The molecule has 1 amide bonds. The Morgan fingerprint density at radius 1 is 1.47 bits per heavy atom. The number of hydrogen-bond acceptors (Lipinski definition) is 3. The van der Waals surface area contributed by atoms with E-state index in [-0.39, 0.29) is 12.5 Å². The van der Waals surface area contributed by atoms with Crippen LogP contribution in [0, 0.1) is 18.8 Å². The van der Waals surface area contributed by atoms with Gasteiger partial charge in [0.05, 0.1) is 0 Å². The van der Waals surface area contributed by atoms with Gasteiger partial charge in [-0.3, -0.25) is 4.79 Å². The maximum absolute atomic E-state index is 11.9. The van der Waals surface area contributed by atoms with Crippen molar-refractivity contribution in [3.8, 4) is 11.8 Å². The molecule has 0 radical (unpaired) electrons. The van der Waals surface area contributed by atoms with Gasteiger partial charge in [0, 0.05) is 17.7 Å². The molecule has 0 unspecified atom stereocenters. The van der Waals surface area contributed by atoms with Crippen LogP contribution in [0.3, 0.4) is 0 Å². The molecule has 1 rings (SSSR count). The van der Waals surface area contributed by atoms with Crippen molar-refractivity contribution in [3.63, 3.8) is 0 Å². The molecular weight excluding hydrogens is 258 g/mol. The first-order valence-electron chi connectivity index (χ1n) is 6.16. The Kier molecular flexibility index (Phi) is 7.09. The third-order valence-corrected chi connectivity index (χ3v) is 3.30. The molecule has 1 aromatic carbocycles. The third kappa shape index (κ3) is 5.37. The van der Waals surface area contributed by atoms with E-state index < -0.39 is 0 Å². The molecule has 2 N–H and O–H groups in total. The van der Waals surface area contributed by atoms with Gasteiger partial charge in [0.25, 0.3) is 5.91 Å². The van der Waals surface area contributed by atoms with Crippen molar-refractivity contribution in [2.75, 3.05) is 25.2 Å². The lowest BCUT2D eigenvalue weighted by atomic mass is 10.0. The van der Waals surface area contributed by atoms with E-state index in [1.54, 1.807) is 17.8 Å². The highest BCUT2D eigenvalue weighted by Gasteiger charge is 2.06. The fraction of sp³-hybridized carbons (Fsp3) is 0.400. The average Bonchev–Trinajstić information content (AvgIpc) is 2.42. The van der Waals surface area contributed by atoms with Crippen molar-refractivity contribution in [1.29, 1.82) is 0 Å². The lowest BCUT2D eigenvalue weighted by Gasteiger charge is -2.06. The summed E-state index contributed by atoms with van der Waals surface area (Å²) in [5, 5.41) is 11.6. The molecule has 0 saturated carbocycles. The van der Waals surface area contributed by atoms with E-state index in [1.165, 1.54) is 0 Å². The van der Waals surface area contributed by atoms with Gasteiger partial charge in [-0.25, -0.2) is 0 Å². The molecular formula is C15H19NO2S. The topological polar surface area (TPSA) is 49.3 Å². The van der Waals surface area contributed by atoms with Gasteiger partial charge in [-0.05, 0) is 49.1 Å². The van der Waals surface area contributed by atoms with E-state index in [2.05, 4.69) is 23.4 Å². The molecule has 0 aliphatic carbocycles. The molecule has 0 aliphatic heterocycles. The summed E-state index contributed by atoms with van der Waals surface area (Å²) in [6, 6.07) is 5.40. The largest absolute Gasteiger partial charge is 0.384 e. The highest BCUT2D eigenvalue weighted by Crippen LogP contribution is 2.10. The second-order valence-corrected chi connectivity index (χ2v) is 5.08. The molecule has 19 heavy (non-hydrogen) atoms. The number of aliphatic hydroxyl groups excluding tert-OH is 1. The van der Waals surface area contributed by atoms with Crippen LogP contribution in [0.1, 0.15) is 27.9 Å². The number of carbonyl (C=O) groups excluding carboxylic acids is 1. The van der Waals surface area contributed by atoms with Crippen molar-refractivity contribution in [2.45, 2.75) is 13.3 Å². The average molecular weight is 277 g/mol. The number of rotatable bonds is 5. The van der Waals surface area contributed by atoms with Crippen molar-refractivity contribution >= 4 is 17.7 Å². The predicted molar refractivity (Wildman–Crippen MR) is 80.5 cm³/mol. The van der Waals surface area contributed by atoms with Gasteiger partial charge in [0.15, 0.2) is 0 Å². The van der Waals surface area contributed by atoms with Crippen LogP contribution in [0.15, 0.2) is 18.2 Å². The van der Waals surface area contributed by atoms with Gasteiger partial charge in [0.2, 0.25) is 0 Å². The second kappa shape index (κ2) is 8.63. The van der Waals surface area contributed by atoms with Gasteiger partial charge in [0.1, 0.15) is 6.61 Å². The van der Waals surface area contributed by atoms with E-state index in [4.69, 9.17) is 5.11 Å². The predicted octanol–water partition coefficient (Wildman–Crippen LogP) is 1.82. The van der Waals surface area contributed by atoms with Crippen molar-refractivity contribution in [1.82, 2.24) is 5.32 Å². The van der Waals surface area contributed by atoms with Crippen LogP contribution in [0.2, 0.25) is 0 Å². The molecule has 102 valence electrons. The minimum absolute atomic E-state index is 0.0501. The first-order valence-corrected chi connectivity index (χ1v) is 7.56. The first kappa shape index (κ1) is 15.6. The van der Waals surface area contributed by atoms with E-state index in [1.807, 2.05) is 19.1 Å². The maximum Gasteiger partial charge on any atom is 0.251 e. The van der Waals surface area contributed by atoms with Crippen LogP contribution in [0.4, 0.5) is 0 Å². The summed E-state index contributed by atoms with van der Waals surface area (Å²) in [7, 11) is 0. The lowest BCUT2D eigenvalue weighted by molar-refractivity contribution is 0.0953. The Balaban J connectivity index is 2.64. The lowest BCUT2D eigenvalue weighted by Crippen LogP contribution is -2.24. The van der Waals surface area contributed by atoms with E-state index in [0.717, 1.165) is 23.3 Å². The van der Waals surface area contributed by atoms with Crippen LogP contribution in [-0.2, 0) is 0 Å². The Hall–Kier alpha value is -1.44. The maximum atomic E-state index is 11.9.